The minimum atomic E-state index is -0.201. The van der Waals surface area contributed by atoms with E-state index in [0.29, 0.717) is 0 Å². The van der Waals surface area contributed by atoms with Crippen molar-refractivity contribution in [1.82, 2.24) is 4.90 Å². The number of rotatable bonds is 6. The fourth-order valence-electron chi connectivity index (χ4n) is 3.24. The van der Waals surface area contributed by atoms with Crippen LogP contribution in [0.4, 0.5) is 5.69 Å². The number of amides is 1. The van der Waals surface area contributed by atoms with Gasteiger partial charge in [0.15, 0.2) is 0 Å². The predicted molar refractivity (Wildman–Crippen MR) is 106 cm³/mol. The molecule has 2 aromatic carbocycles. The molecule has 2 aromatic rings. The average molecular weight is 352 g/mol. The summed E-state index contributed by atoms with van der Waals surface area (Å²) in [5.41, 5.74) is 2.65. The minimum Gasteiger partial charge on any atom is -0.491 e. The first-order valence-electron chi connectivity index (χ1n) is 9.50. The lowest BCUT2D eigenvalue weighted by Gasteiger charge is -2.41. The van der Waals surface area contributed by atoms with Gasteiger partial charge in [0.05, 0.1) is 11.7 Å². The summed E-state index contributed by atoms with van der Waals surface area (Å²) < 4.78 is 5.98. The summed E-state index contributed by atoms with van der Waals surface area (Å²) >= 11 is 0. The van der Waals surface area contributed by atoms with Gasteiger partial charge in [0, 0.05) is 11.7 Å². The van der Waals surface area contributed by atoms with E-state index in [1.807, 2.05) is 47.4 Å². The molecule has 1 heterocycles. The highest BCUT2D eigenvalue weighted by molar-refractivity contribution is 6.01. The molecule has 0 bridgehead atoms. The SMILES string of the molecule is CCC(C)Oc1cccc(C2Nc3ccccc3C(=O)N2C(C)CC)c1. The van der Waals surface area contributed by atoms with E-state index >= 15 is 0 Å². The summed E-state index contributed by atoms with van der Waals surface area (Å²) in [6, 6.07) is 15.9. The number of ether oxygens (including phenoxy) is 1. The Kier molecular flexibility index (Phi) is 5.50. The number of benzene rings is 2. The maximum atomic E-state index is 13.2. The van der Waals surface area contributed by atoms with Crippen LogP contribution in [0.25, 0.3) is 0 Å². The molecular formula is C22H28N2O2. The fourth-order valence-corrected chi connectivity index (χ4v) is 3.24. The molecule has 0 aromatic heterocycles. The number of anilines is 1. The second-order valence-electron chi connectivity index (χ2n) is 6.97. The number of fused-ring (bicyclic) bond motifs is 1. The van der Waals surface area contributed by atoms with Crippen molar-refractivity contribution >= 4 is 11.6 Å². The molecule has 4 nitrogen and oxygen atoms in total. The van der Waals surface area contributed by atoms with Crippen molar-refractivity contribution in [3.05, 3.63) is 59.7 Å². The lowest BCUT2D eigenvalue weighted by Crippen LogP contribution is -2.47. The molecule has 0 saturated carbocycles. The van der Waals surface area contributed by atoms with Gasteiger partial charge >= 0.3 is 0 Å². The summed E-state index contributed by atoms with van der Waals surface area (Å²) in [4.78, 5) is 15.1. The van der Waals surface area contributed by atoms with E-state index in [9.17, 15) is 4.79 Å². The molecule has 1 N–H and O–H groups in total. The molecular weight excluding hydrogens is 324 g/mol. The maximum absolute atomic E-state index is 13.2. The van der Waals surface area contributed by atoms with Crippen molar-refractivity contribution < 1.29 is 9.53 Å². The normalized spacial score (nSPS) is 18.7. The van der Waals surface area contributed by atoms with Gasteiger partial charge in [0.2, 0.25) is 0 Å². The van der Waals surface area contributed by atoms with E-state index in [-0.39, 0.29) is 24.2 Å². The Bertz CT molecular complexity index is 774. The molecule has 1 aliphatic rings. The van der Waals surface area contributed by atoms with E-state index in [0.717, 1.165) is 35.4 Å². The highest BCUT2D eigenvalue weighted by atomic mass is 16.5. The molecule has 0 spiro atoms. The Labute approximate surface area is 156 Å². The molecule has 1 aliphatic heterocycles. The largest absolute Gasteiger partial charge is 0.491 e. The van der Waals surface area contributed by atoms with Crippen LogP contribution in [0.1, 0.15) is 62.6 Å². The number of hydrogen-bond acceptors (Lipinski definition) is 3. The van der Waals surface area contributed by atoms with Gasteiger partial charge in [-0.15, -0.1) is 0 Å². The molecule has 3 rings (SSSR count). The van der Waals surface area contributed by atoms with Gasteiger partial charge in [0.25, 0.3) is 5.91 Å². The number of carbonyl (C=O) groups is 1. The summed E-state index contributed by atoms with van der Waals surface area (Å²) in [5.74, 6) is 0.918. The fraction of sp³-hybridized carbons (Fsp3) is 0.409. The van der Waals surface area contributed by atoms with Crippen LogP contribution in [0.2, 0.25) is 0 Å². The Balaban J connectivity index is 1.99. The highest BCUT2D eigenvalue weighted by Crippen LogP contribution is 2.36. The zero-order chi connectivity index (χ0) is 18.7. The summed E-state index contributed by atoms with van der Waals surface area (Å²) in [6.45, 7) is 8.38. The van der Waals surface area contributed by atoms with Crippen molar-refractivity contribution in [2.75, 3.05) is 5.32 Å². The summed E-state index contributed by atoms with van der Waals surface area (Å²) in [7, 11) is 0. The van der Waals surface area contributed by atoms with Crippen molar-refractivity contribution in [3.8, 4) is 5.75 Å². The zero-order valence-corrected chi connectivity index (χ0v) is 16.0. The first-order chi connectivity index (χ1) is 12.5. The third-order valence-corrected chi connectivity index (χ3v) is 5.11. The number of hydrogen-bond donors (Lipinski definition) is 1. The number of nitrogens with zero attached hydrogens (tertiary/aromatic N) is 1. The van der Waals surface area contributed by atoms with Gasteiger partial charge in [0.1, 0.15) is 11.9 Å². The monoisotopic (exact) mass is 352 g/mol. The van der Waals surface area contributed by atoms with E-state index in [2.05, 4.69) is 39.1 Å². The number of carbonyl (C=O) groups excluding carboxylic acids is 1. The first kappa shape index (κ1) is 18.3. The quantitative estimate of drug-likeness (QED) is 0.774. The highest BCUT2D eigenvalue weighted by Gasteiger charge is 2.35. The zero-order valence-electron chi connectivity index (χ0n) is 16.0. The Morgan fingerprint density at radius 2 is 1.85 bits per heavy atom. The second kappa shape index (κ2) is 7.81. The number of para-hydroxylation sites is 1. The second-order valence-corrected chi connectivity index (χ2v) is 6.97. The van der Waals surface area contributed by atoms with Crippen molar-refractivity contribution in [1.29, 1.82) is 0 Å². The van der Waals surface area contributed by atoms with Crippen molar-refractivity contribution in [2.24, 2.45) is 0 Å². The van der Waals surface area contributed by atoms with Crippen LogP contribution in [0.15, 0.2) is 48.5 Å². The molecule has 3 unspecified atom stereocenters. The average Bonchev–Trinajstić information content (AvgIpc) is 2.67. The lowest BCUT2D eigenvalue weighted by atomic mass is 10.0. The van der Waals surface area contributed by atoms with E-state index in [1.165, 1.54) is 0 Å². The van der Waals surface area contributed by atoms with E-state index < -0.39 is 0 Å². The molecule has 3 atom stereocenters. The van der Waals surface area contributed by atoms with Crippen LogP contribution in [0, 0.1) is 0 Å². The standard InChI is InChI=1S/C22H28N2O2/c1-5-15(3)24-21(23-20-13-8-7-12-19(20)22(24)25)17-10-9-11-18(14-17)26-16(4)6-2/h7-16,21,23H,5-6H2,1-4H3. The maximum Gasteiger partial charge on any atom is 0.258 e. The van der Waals surface area contributed by atoms with E-state index in [1.54, 1.807) is 0 Å². The molecule has 0 radical (unpaired) electrons. The molecule has 0 saturated heterocycles. The third-order valence-electron chi connectivity index (χ3n) is 5.11. The Hall–Kier alpha value is -2.49. The molecule has 0 fully saturated rings. The summed E-state index contributed by atoms with van der Waals surface area (Å²) in [6.07, 6.45) is 1.82. The molecule has 1 amide bonds. The van der Waals surface area contributed by atoms with Gasteiger partial charge in [-0.2, -0.15) is 0 Å². The van der Waals surface area contributed by atoms with Crippen LogP contribution in [-0.2, 0) is 0 Å². The Morgan fingerprint density at radius 1 is 1.08 bits per heavy atom. The van der Waals surface area contributed by atoms with Gasteiger partial charge < -0.3 is 15.0 Å². The third kappa shape index (κ3) is 3.55. The van der Waals surface area contributed by atoms with Gasteiger partial charge in [-0.25, -0.2) is 0 Å². The van der Waals surface area contributed by atoms with Crippen LogP contribution in [-0.4, -0.2) is 23.0 Å². The number of nitrogens with one attached hydrogen (secondary N) is 1. The van der Waals surface area contributed by atoms with Crippen LogP contribution >= 0.6 is 0 Å². The topological polar surface area (TPSA) is 41.6 Å². The smallest absolute Gasteiger partial charge is 0.258 e. The predicted octanol–water partition coefficient (Wildman–Crippen LogP) is 5.23. The van der Waals surface area contributed by atoms with Gasteiger partial charge in [-0.1, -0.05) is 38.1 Å². The van der Waals surface area contributed by atoms with E-state index in [4.69, 9.17) is 4.74 Å². The first-order valence-corrected chi connectivity index (χ1v) is 9.50. The van der Waals surface area contributed by atoms with Crippen molar-refractivity contribution in [2.45, 2.75) is 58.8 Å². The van der Waals surface area contributed by atoms with Gasteiger partial charge in [-0.05, 0) is 56.5 Å². The molecule has 26 heavy (non-hydrogen) atoms. The van der Waals surface area contributed by atoms with Crippen LogP contribution in [0.5, 0.6) is 5.75 Å². The van der Waals surface area contributed by atoms with Gasteiger partial charge in [-0.3, -0.25) is 4.79 Å². The molecule has 138 valence electrons. The summed E-state index contributed by atoms with van der Waals surface area (Å²) in [5, 5.41) is 3.55. The lowest BCUT2D eigenvalue weighted by molar-refractivity contribution is 0.0593. The van der Waals surface area contributed by atoms with Crippen molar-refractivity contribution in [3.63, 3.8) is 0 Å². The minimum absolute atomic E-state index is 0.0759. The Morgan fingerprint density at radius 3 is 2.58 bits per heavy atom. The van der Waals surface area contributed by atoms with Crippen LogP contribution in [0.3, 0.4) is 0 Å². The van der Waals surface area contributed by atoms with Crippen LogP contribution < -0.4 is 10.1 Å². The molecule has 0 aliphatic carbocycles. The molecule has 4 heteroatoms.